The molecule has 3 saturated carbocycles. The molecule has 0 aromatic rings. The third-order valence-corrected chi connectivity index (χ3v) is 9.16. The second-order valence-corrected chi connectivity index (χ2v) is 12.3. The third-order valence-electron chi connectivity index (χ3n) is 9.16. The molecule has 3 aliphatic carbocycles. The van der Waals surface area contributed by atoms with Crippen molar-refractivity contribution >= 4 is 23.7 Å². The highest BCUT2D eigenvalue weighted by Gasteiger charge is 2.32. The molecule has 11 heteroatoms. The fraction of sp³-hybridized carbons (Fsp3) is 0.857. The molecule has 0 spiro atoms. The molecule has 2 unspecified atom stereocenters. The molecule has 5 rings (SSSR count). The highest BCUT2D eigenvalue weighted by atomic mass is 16.2. The van der Waals surface area contributed by atoms with Gasteiger partial charge in [0.1, 0.15) is 0 Å². The smallest absolute Gasteiger partial charge is 0.315 e. The van der Waals surface area contributed by atoms with E-state index in [-0.39, 0.29) is 42.3 Å². The van der Waals surface area contributed by atoms with Gasteiger partial charge in [0, 0.05) is 68.2 Å². The molecule has 2 atom stereocenters. The fourth-order valence-electron chi connectivity index (χ4n) is 7.09. The van der Waals surface area contributed by atoms with Gasteiger partial charge in [0.05, 0.1) is 11.7 Å². The Morgan fingerprint density at radius 3 is 1.41 bits per heavy atom. The molecule has 2 aliphatic heterocycles. The third kappa shape index (κ3) is 8.22. The average molecular weight is 544 g/mol. The number of carbonyl (C=O) groups is 2. The highest BCUT2D eigenvalue weighted by Crippen LogP contribution is 2.27. The van der Waals surface area contributed by atoms with Gasteiger partial charge in [0.25, 0.3) is 0 Å². The molecule has 0 aromatic heterocycles. The quantitative estimate of drug-likeness (QED) is 0.272. The summed E-state index contributed by atoms with van der Waals surface area (Å²) in [6, 6.07) is 0.000809. The Balaban J connectivity index is 0.998. The summed E-state index contributed by atoms with van der Waals surface area (Å²) >= 11 is 0. The molecule has 0 bridgehead atoms. The summed E-state index contributed by atoms with van der Waals surface area (Å²) in [6.45, 7) is 3.91. The van der Waals surface area contributed by atoms with Gasteiger partial charge in [-0.15, -0.1) is 0 Å². The predicted octanol–water partition coefficient (Wildman–Crippen LogP) is 1.73. The van der Waals surface area contributed by atoms with Crippen molar-refractivity contribution in [3.05, 3.63) is 0 Å². The summed E-state index contributed by atoms with van der Waals surface area (Å²) in [4.78, 5) is 34.9. The number of hydrogen-bond donors (Lipinski definition) is 7. The average Bonchev–Trinajstić information content (AvgIpc) is 2.94. The molecule has 218 valence electrons. The van der Waals surface area contributed by atoms with Crippen molar-refractivity contribution in [1.29, 1.82) is 0 Å². The first-order valence-electron chi connectivity index (χ1n) is 15.5. The van der Waals surface area contributed by atoms with Crippen LogP contribution in [0.25, 0.3) is 0 Å². The summed E-state index contributed by atoms with van der Waals surface area (Å²) in [5.41, 5.74) is 6.33. The second-order valence-electron chi connectivity index (χ2n) is 12.3. The van der Waals surface area contributed by atoms with Crippen molar-refractivity contribution in [2.75, 3.05) is 26.2 Å². The molecular weight excluding hydrogens is 494 g/mol. The van der Waals surface area contributed by atoms with E-state index in [1.165, 1.54) is 11.7 Å². The summed E-state index contributed by atoms with van der Waals surface area (Å²) in [5, 5.41) is 19.5. The van der Waals surface area contributed by atoms with Gasteiger partial charge < -0.3 is 37.6 Å². The van der Waals surface area contributed by atoms with Crippen molar-refractivity contribution in [3.63, 3.8) is 0 Å². The minimum Gasteiger partial charge on any atom is -0.374 e. The second kappa shape index (κ2) is 13.7. The Bertz CT molecular complexity index is 823. The van der Waals surface area contributed by atoms with E-state index in [1.54, 1.807) is 0 Å². The first-order chi connectivity index (χ1) is 19.0. The number of nitrogens with one attached hydrogen (secondary N) is 6. The Hall–Kier alpha value is -2.56. The number of urea groups is 2. The van der Waals surface area contributed by atoms with Crippen LogP contribution in [-0.4, -0.2) is 80.1 Å². The van der Waals surface area contributed by atoms with E-state index in [9.17, 15) is 9.59 Å². The zero-order valence-electron chi connectivity index (χ0n) is 23.4. The minimum absolute atomic E-state index is 0.0459. The van der Waals surface area contributed by atoms with Crippen LogP contribution in [0.15, 0.2) is 9.98 Å². The fourth-order valence-corrected chi connectivity index (χ4v) is 7.09. The van der Waals surface area contributed by atoms with Crippen LogP contribution in [0.4, 0.5) is 9.59 Å². The number of amidine groups is 2. The van der Waals surface area contributed by atoms with Crippen molar-refractivity contribution < 1.29 is 9.59 Å². The normalized spacial score (nSPS) is 35.3. The first-order valence-corrected chi connectivity index (χ1v) is 15.5. The SMILES string of the molecule is NC1CC(NC(=O)NC2CCC(C3=NCCCN3)CC2)CC(NC(=O)NC2CCC(C3=NCCCN3)CC2)C1. The maximum Gasteiger partial charge on any atom is 0.315 e. The van der Waals surface area contributed by atoms with Crippen LogP contribution in [0.3, 0.4) is 0 Å². The van der Waals surface area contributed by atoms with E-state index in [1.807, 2.05) is 0 Å². The van der Waals surface area contributed by atoms with Crippen molar-refractivity contribution in [2.24, 2.45) is 27.6 Å². The molecule has 0 radical (unpaired) electrons. The molecular formula is C28H49N9O2. The molecule has 3 fully saturated rings. The lowest BCUT2D eigenvalue weighted by Crippen LogP contribution is -2.56. The zero-order valence-corrected chi connectivity index (χ0v) is 23.4. The maximum absolute atomic E-state index is 12.8. The Labute approximate surface area is 232 Å². The van der Waals surface area contributed by atoms with Crippen LogP contribution in [0.1, 0.15) is 83.5 Å². The lowest BCUT2D eigenvalue weighted by Gasteiger charge is -2.36. The van der Waals surface area contributed by atoms with Gasteiger partial charge in [-0.2, -0.15) is 0 Å². The van der Waals surface area contributed by atoms with Gasteiger partial charge in [-0.3, -0.25) is 9.98 Å². The lowest BCUT2D eigenvalue weighted by atomic mass is 9.84. The Morgan fingerprint density at radius 1 is 0.615 bits per heavy atom. The van der Waals surface area contributed by atoms with E-state index < -0.39 is 0 Å². The Kier molecular flexibility index (Phi) is 9.81. The van der Waals surface area contributed by atoms with Crippen LogP contribution < -0.4 is 37.6 Å². The lowest BCUT2D eigenvalue weighted by molar-refractivity contribution is 0.209. The Morgan fingerprint density at radius 2 is 1.03 bits per heavy atom. The van der Waals surface area contributed by atoms with E-state index in [4.69, 9.17) is 5.73 Å². The van der Waals surface area contributed by atoms with Gasteiger partial charge in [0.15, 0.2) is 0 Å². The van der Waals surface area contributed by atoms with Gasteiger partial charge >= 0.3 is 12.1 Å². The van der Waals surface area contributed by atoms with Crippen LogP contribution in [-0.2, 0) is 0 Å². The summed E-state index contributed by atoms with van der Waals surface area (Å²) in [6.07, 6.45) is 12.5. The number of nitrogens with zero attached hydrogens (tertiary/aromatic N) is 2. The largest absolute Gasteiger partial charge is 0.374 e. The zero-order chi connectivity index (χ0) is 27.0. The number of carbonyl (C=O) groups excluding carboxylic acids is 2. The number of aliphatic imine (C=N–C) groups is 2. The van der Waals surface area contributed by atoms with Crippen molar-refractivity contribution in [2.45, 2.75) is 114 Å². The molecule has 8 N–H and O–H groups in total. The summed E-state index contributed by atoms with van der Waals surface area (Å²) in [7, 11) is 0. The van der Waals surface area contributed by atoms with Crippen LogP contribution in [0.2, 0.25) is 0 Å². The summed E-state index contributed by atoms with van der Waals surface area (Å²) in [5.74, 6) is 3.34. The van der Waals surface area contributed by atoms with Gasteiger partial charge in [-0.25, -0.2) is 9.59 Å². The maximum atomic E-state index is 12.8. The molecule has 11 nitrogen and oxygen atoms in total. The van der Waals surface area contributed by atoms with Crippen LogP contribution in [0, 0.1) is 11.8 Å². The molecule has 5 aliphatic rings. The van der Waals surface area contributed by atoms with Crippen LogP contribution >= 0.6 is 0 Å². The van der Waals surface area contributed by atoms with E-state index in [2.05, 4.69) is 41.9 Å². The van der Waals surface area contributed by atoms with Crippen molar-refractivity contribution in [3.8, 4) is 0 Å². The number of hydrogen-bond acceptors (Lipinski definition) is 7. The standard InChI is InChI=1S/C28H49N9O2/c29-20-15-23(36-27(38)34-21-7-3-18(4-8-21)25-30-11-1-12-31-25)17-24(16-20)37-28(39)35-22-9-5-19(6-10-22)26-32-13-2-14-33-26/h18-24H,1-17,29H2,(H,30,31)(H,32,33)(H2,34,36,38)(H2,35,37,39). The number of amides is 4. The predicted molar refractivity (Wildman–Crippen MR) is 154 cm³/mol. The van der Waals surface area contributed by atoms with Gasteiger partial charge in [-0.05, 0) is 83.5 Å². The van der Waals surface area contributed by atoms with Crippen LogP contribution in [0.5, 0.6) is 0 Å². The molecule has 2 heterocycles. The minimum atomic E-state index is -0.122. The molecule has 0 aromatic carbocycles. The molecule has 39 heavy (non-hydrogen) atoms. The highest BCUT2D eigenvalue weighted by molar-refractivity contribution is 5.85. The van der Waals surface area contributed by atoms with E-state index in [0.29, 0.717) is 18.3 Å². The van der Waals surface area contributed by atoms with Crippen molar-refractivity contribution in [1.82, 2.24) is 31.9 Å². The molecule has 4 amide bonds. The number of nitrogens with two attached hydrogens (primary N) is 1. The number of rotatable bonds is 6. The van der Waals surface area contributed by atoms with E-state index in [0.717, 1.165) is 103 Å². The first kappa shape index (κ1) is 28.0. The topological polar surface area (TPSA) is 157 Å². The van der Waals surface area contributed by atoms with Gasteiger partial charge in [-0.1, -0.05) is 0 Å². The van der Waals surface area contributed by atoms with E-state index >= 15 is 0 Å². The monoisotopic (exact) mass is 543 g/mol. The van der Waals surface area contributed by atoms with Gasteiger partial charge in [0.2, 0.25) is 0 Å². The molecule has 0 saturated heterocycles. The summed E-state index contributed by atoms with van der Waals surface area (Å²) < 4.78 is 0.